The van der Waals surface area contributed by atoms with Crippen LogP contribution in [-0.4, -0.2) is 21.5 Å². The molecule has 17 heavy (non-hydrogen) atoms. The van der Waals surface area contributed by atoms with Crippen LogP contribution in [0.1, 0.15) is 12.0 Å². The smallest absolute Gasteiger partial charge is 0.238 e. The van der Waals surface area contributed by atoms with Gasteiger partial charge in [0.1, 0.15) is 0 Å². The van der Waals surface area contributed by atoms with Crippen molar-refractivity contribution in [1.82, 2.24) is 0 Å². The largest absolute Gasteiger partial charge is 0.371 e. The number of hydrogen-bond donors (Lipinski definition) is 1. The Bertz CT molecular complexity index is 537. The van der Waals surface area contributed by atoms with E-state index in [-0.39, 0.29) is 4.90 Å². The Morgan fingerprint density at radius 3 is 2.88 bits per heavy atom. The van der Waals surface area contributed by atoms with E-state index in [2.05, 4.69) is 11.5 Å². The minimum Gasteiger partial charge on any atom is -0.371 e. The molecule has 5 heteroatoms. The monoisotopic (exact) mass is 252 g/mol. The van der Waals surface area contributed by atoms with E-state index >= 15 is 0 Å². The van der Waals surface area contributed by atoms with Crippen molar-refractivity contribution in [3.8, 4) is 0 Å². The van der Waals surface area contributed by atoms with Gasteiger partial charge < -0.3 is 4.90 Å². The highest BCUT2D eigenvalue weighted by Crippen LogP contribution is 2.29. The SMILES string of the molecule is C=CCCN1CCc2cc(S(N)(=O)=O)ccc21. The van der Waals surface area contributed by atoms with Crippen LogP contribution >= 0.6 is 0 Å². The standard InChI is InChI=1S/C12H16N2O2S/c1-2-3-7-14-8-6-10-9-11(17(13,15)16)4-5-12(10)14/h2,4-5,9H,1,3,6-8H2,(H2,13,15,16). The molecule has 0 aliphatic carbocycles. The Hall–Kier alpha value is -1.33. The topological polar surface area (TPSA) is 63.4 Å². The highest BCUT2D eigenvalue weighted by Gasteiger charge is 2.20. The Kier molecular flexibility index (Phi) is 3.22. The minimum absolute atomic E-state index is 0.196. The number of anilines is 1. The molecule has 0 spiro atoms. The van der Waals surface area contributed by atoms with Crippen molar-refractivity contribution in [3.63, 3.8) is 0 Å². The second kappa shape index (κ2) is 4.50. The molecule has 0 amide bonds. The van der Waals surface area contributed by atoms with Gasteiger partial charge in [-0.15, -0.1) is 6.58 Å². The lowest BCUT2D eigenvalue weighted by Gasteiger charge is -2.18. The second-order valence-corrected chi connectivity index (χ2v) is 5.71. The zero-order chi connectivity index (χ0) is 12.5. The van der Waals surface area contributed by atoms with Gasteiger partial charge in [0.05, 0.1) is 4.90 Å². The molecule has 1 aromatic carbocycles. The van der Waals surface area contributed by atoms with E-state index in [9.17, 15) is 8.42 Å². The normalized spacial score (nSPS) is 14.8. The van der Waals surface area contributed by atoms with Gasteiger partial charge in [0.25, 0.3) is 0 Å². The summed E-state index contributed by atoms with van der Waals surface area (Å²) in [5.41, 5.74) is 2.17. The molecule has 1 aliphatic heterocycles. The summed E-state index contributed by atoms with van der Waals surface area (Å²) in [7, 11) is -3.59. The molecule has 4 nitrogen and oxygen atoms in total. The van der Waals surface area contributed by atoms with E-state index in [1.165, 1.54) is 0 Å². The first kappa shape index (κ1) is 12.1. The minimum atomic E-state index is -3.59. The zero-order valence-electron chi connectivity index (χ0n) is 9.59. The van der Waals surface area contributed by atoms with Gasteiger partial charge in [-0.3, -0.25) is 0 Å². The highest BCUT2D eigenvalue weighted by molar-refractivity contribution is 7.89. The van der Waals surface area contributed by atoms with Crippen molar-refractivity contribution in [1.29, 1.82) is 0 Å². The van der Waals surface area contributed by atoms with Crippen LogP contribution < -0.4 is 10.0 Å². The van der Waals surface area contributed by atoms with Crippen LogP contribution in [-0.2, 0) is 16.4 Å². The lowest BCUT2D eigenvalue weighted by atomic mass is 10.2. The van der Waals surface area contributed by atoms with Gasteiger partial charge >= 0.3 is 0 Å². The molecule has 0 aromatic heterocycles. The van der Waals surface area contributed by atoms with Crippen LogP contribution in [0.15, 0.2) is 35.7 Å². The van der Waals surface area contributed by atoms with Crippen molar-refractivity contribution in [2.45, 2.75) is 17.7 Å². The van der Waals surface area contributed by atoms with Gasteiger partial charge in [0, 0.05) is 18.8 Å². The first-order valence-electron chi connectivity index (χ1n) is 5.54. The van der Waals surface area contributed by atoms with E-state index in [0.29, 0.717) is 0 Å². The number of benzene rings is 1. The second-order valence-electron chi connectivity index (χ2n) is 4.15. The van der Waals surface area contributed by atoms with E-state index in [4.69, 9.17) is 5.14 Å². The molecular formula is C12H16N2O2S. The Labute approximate surface area is 102 Å². The van der Waals surface area contributed by atoms with E-state index < -0.39 is 10.0 Å². The van der Waals surface area contributed by atoms with Crippen molar-refractivity contribution < 1.29 is 8.42 Å². The Morgan fingerprint density at radius 1 is 1.47 bits per heavy atom. The average Bonchev–Trinajstić information content (AvgIpc) is 2.67. The summed E-state index contributed by atoms with van der Waals surface area (Å²) >= 11 is 0. The lowest BCUT2D eigenvalue weighted by molar-refractivity contribution is 0.597. The third-order valence-electron chi connectivity index (χ3n) is 2.97. The van der Waals surface area contributed by atoms with Gasteiger partial charge in [-0.25, -0.2) is 13.6 Å². The molecule has 2 rings (SSSR count). The van der Waals surface area contributed by atoms with E-state index in [1.807, 2.05) is 12.1 Å². The highest BCUT2D eigenvalue weighted by atomic mass is 32.2. The predicted octanol–water partition coefficient (Wildman–Crippen LogP) is 1.27. The van der Waals surface area contributed by atoms with Crippen molar-refractivity contribution in [2.75, 3.05) is 18.0 Å². The first-order valence-corrected chi connectivity index (χ1v) is 7.08. The molecule has 0 atom stereocenters. The maximum Gasteiger partial charge on any atom is 0.238 e. The number of primary sulfonamides is 1. The summed E-state index contributed by atoms with van der Waals surface area (Å²) in [6.07, 6.45) is 3.68. The van der Waals surface area contributed by atoms with Gasteiger partial charge in [-0.05, 0) is 36.6 Å². The van der Waals surface area contributed by atoms with Gasteiger partial charge in [-0.2, -0.15) is 0 Å². The van der Waals surface area contributed by atoms with Gasteiger partial charge in [0.2, 0.25) is 10.0 Å². The molecule has 0 unspecified atom stereocenters. The van der Waals surface area contributed by atoms with Crippen molar-refractivity contribution in [3.05, 3.63) is 36.4 Å². The van der Waals surface area contributed by atoms with E-state index in [0.717, 1.165) is 37.2 Å². The first-order chi connectivity index (χ1) is 8.02. The number of fused-ring (bicyclic) bond motifs is 1. The third-order valence-corrected chi connectivity index (χ3v) is 3.89. The quantitative estimate of drug-likeness (QED) is 0.821. The van der Waals surface area contributed by atoms with Crippen LogP contribution in [0, 0.1) is 0 Å². The molecule has 0 fully saturated rings. The summed E-state index contributed by atoms with van der Waals surface area (Å²) in [6.45, 7) is 5.55. The van der Waals surface area contributed by atoms with Crippen LogP contribution in [0.3, 0.4) is 0 Å². The third kappa shape index (κ3) is 2.50. The molecule has 0 radical (unpaired) electrons. The molecule has 2 N–H and O–H groups in total. The maximum atomic E-state index is 11.2. The fourth-order valence-electron chi connectivity index (χ4n) is 2.10. The molecular weight excluding hydrogens is 236 g/mol. The fraction of sp³-hybridized carbons (Fsp3) is 0.333. The fourth-order valence-corrected chi connectivity index (χ4v) is 2.67. The summed E-state index contributed by atoms with van der Waals surface area (Å²) in [5.74, 6) is 0. The lowest BCUT2D eigenvalue weighted by Crippen LogP contribution is -2.21. The Morgan fingerprint density at radius 2 is 2.24 bits per heavy atom. The van der Waals surface area contributed by atoms with Crippen LogP contribution in [0.25, 0.3) is 0 Å². The average molecular weight is 252 g/mol. The molecule has 0 saturated carbocycles. The van der Waals surface area contributed by atoms with Crippen LogP contribution in [0.5, 0.6) is 0 Å². The number of sulfonamides is 1. The van der Waals surface area contributed by atoms with Crippen LogP contribution in [0.2, 0.25) is 0 Å². The summed E-state index contributed by atoms with van der Waals surface area (Å²) in [6, 6.07) is 5.09. The van der Waals surface area contributed by atoms with Gasteiger partial charge in [0.15, 0.2) is 0 Å². The summed E-state index contributed by atoms with van der Waals surface area (Å²) < 4.78 is 22.5. The molecule has 0 saturated heterocycles. The molecule has 92 valence electrons. The molecule has 0 bridgehead atoms. The molecule has 1 aliphatic rings. The maximum absolute atomic E-state index is 11.2. The number of rotatable bonds is 4. The van der Waals surface area contributed by atoms with Crippen LogP contribution in [0.4, 0.5) is 5.69 Å². The Balaban J connectivity index is 2.29. The van der Waals surface area contributed by atoms with E-state index in [1.54, 1.807) is 12.1 Å². The number of nitrogens with two attached hydrogens (primary N) is 1. The summed E-state index contributed by atoms with van der Waals surface area (Å²) in [4.78, 5) is 2.44. The predicted molar refractivity (Wildman–Crippen MR) is 68.5 cm³/mol. The summed E-state index contributed by atoms with van der Waals surface area (Å²) in [5, 5.41) is 5.11. The van der Waals surface area contributed by atoms with Crippen molar-refractivity contribution in [2.24, 2.45) is 5.14 Å². The molecule has 1 aromatic rings. The zero-order valence-corrected chi connectivity index (χ0v) is 10.4. The van der Waals surface area contributed by atoms with Gasteiger partial charge in [-0.1, -0.05) is 6.08 Å². The number of nitrogens with zero attached hydrogens (tertiary/aromatic N) is 1. The molecule has 1 heterocycles. The number of hydrogen-bond acceptors (Lipinski definition) is 3. The van der Waals surface area contributed by atoms with Crippen molar-refractivity contribution >= 4 is 15.7 Å².